The summed E-state index contributed by atoms with van der Waals surface area (Å²) in [4.78, 5) is 11.7. The second-order valence-corrected chi connectivity index (χ2v) is 7.78. The van der Waals surface area contributed by atoms with Gasteiger partial charge in [0.15, 0.2) is 12.4 Å². The number of anilines is 1. The van der Waals surface area contributed by atoms with Gasteiger partial charge in [0.2, 0.25) is 6.41 Å². The molecule has 2 aromatic carbocycles. The summed E-state index contributed by atoms with van der Waals surface area (Å²) in [7, 11) is -2.63. The average Bonchev–Trinajstić information content (AvgIpc) is 2.74. The van der Waals surface area contributed by atoms with Crippen LogP contribution in [0.3, 0.4) is 0 Å². The zero-order chi connectivity index (χ0) is 20.9. The standard InChI is InChI=1S/C21H18N2O5S/c1-28-19-8-10-20(11-9-19)29(26,27)23(16-24)21-5-3-2-4-18(21)7-6-17-12-14-22(25)15-13-17/h2-16H,1H3/b7-6+. The van der Waals surface area contributed by atoms with Crippen molar-refractivity contribution in [3.05, 3.63) is 89.4 Å². The molecular weight excluding hydrogens is 392 g/mol. The summed E-state index contributed by atoms with van der Waals surface area (Å²) in [6.07, 6.45) is 6.39. The number of rotatable bonds is 7. The molecule has 0 aliphatic carbocycles. The molecule has 0 radical (unpaired) electrons. The Bertz CT molecular complexity index is 1120. The number of pyridine rings is 1. The maximum atomic E-state index is 13.0. The Morgan fingerprint density at radius 2 is 1.62 bits per heavy atom. The van der Waals surface area contributed by atoms with E-state index < -0.39 is 10.0 Å². The van der Waals surface area contributed by atoms with E-state index in [9.17, 15) is 18.4 Å². The van der Waals surface area contributed by atoms with Crippen molar-refractivity contribution in [3.63, 3.8) is 0 Å². The molecule has 7 nitrogen and oxygen atoms in total. The van der Waals surface area contributed by atoms with Gasteiger partial charge in [-0.05, 0) is 41.5 Å². The number of benzene rings is 2. The van der Waals surface area contributed by atoms with Crippen molar-refractivity contribution in [2.75, 3.05) is 11.4 Å². The number of carbonyl (C=O) groups excluding carboxylic acids is 1. The van der Waals surface area contributed by atoms with Crippen LogP contribution in [0.15, 0.2) is 78.0 Å². The highest BCUT2D eigenvalue weighted by Gasteiger charge is 2.26. The molecule has 0 aliphatic rings. The zero-order valence-electron chi connectivity index (χ0n) is 15.5. The molecule has 8 heteroatoms. The van der Waals surface area contributed by atoms with Gasteiger partial charge in [-0.25, -0.2) is 12.7 Å². The third kappa shape index (κ3) is 4.44. The van der Waals surface area contributed by atoms with Crippen molar-refractivity contribution in [1.29, 1.82) is 0 Å². The van der Waals surface area contributed by atoms with Gasteiger partial charge in [0, 0.05) is 12.1 Å². The molecule has 148 valence electrons. The molecule has 1 heterocycles. The van der Waals surface area contributed by atoms with Crippen molar-refractivity contribution in [3.8, 4) is 5.75 Å². The molecule has 0 atom stereocenters. The highest BCUT2D eigenvalue weighted by molar-refractivity contribution is 7.93. The Morgan fingerprint density at radius 3 is 2.24 bits per heavy atom. The highest BCUT2D eigenvalue weighted by atomic mass is 32.2. The smallest absolute Gasteiger partial charge is 0.270 e. The summed E-state index contributed by atoms with van der Waals surface area (Å²) in [5.74, 6) is 0.507. The number of hydrogen-bond donors (Lipinski definition) is 0. The van der Waals surface area contributed by atoms with Crippen molar-refractivity contribution in [2.24, 2.45) is 0 Å². The fourth-order valence-electron chi connectivity index (χ4n) is 2.65. The summed E-state index contributed by atoms with van der Waals surface area (Å²) < 4.78 is 32.5. The van der Waals surface area contributed by atoms with Crippen molar-refractivity contribution < 1.29 is 22.7 Å². The molecule has 0 spiro atoms. The van der Waals surface area contributed by atoms with Gasteiger partial charge < -0.3 is 9.94 Å². The topological polar surface area (TPSA) is 90.6 Å². The molecule has 0 saturated heterocycles. The number of ether oxygens (including phenoxy) is 1. The van der Waals surface area contributed by atoms with Crippen LogP contribution in [0.4, 0.5) is 5.69 Å². The molecule has 0 saturated carbocycles. The van der Waals surface area contributed by atoms with E-state index in [4.69, 9.17) is 4.74 Å². The first kappa shape index (κ1) is 20.1. The Labute approximate surface area is 168 Å². The Hall–Kier alpha value is -3.65. The van der Waals surface area contributed by atoms with Crippen LogP contribution in [-0.4, -0.2) is 21.9 Å². The van der Waals surface area contributed by atoms with Gasteiger partial charge in [-0.1, -0.05) is 30.4 Å². The summed E-state index contributed by atoms with van der Waals surface area (Å²) >= 11 is 0. The lowest BCUT2D eigenvalue weighted by Crippen LogP contribution is -2.30. The van der Waals surface area contributed by atoms with Crippen LogP contribution in [0.5, 0.6) is 5.75 Å². The van der Waals surface area contributed by atoms with E-state index in [1.165, 1.54) is 43.8 Å². The molecule has 0 unspecified atom stereocenters. The lowest BCUT2D eigenvalue weighted by Gasteiger charge is -2.20. The van der Waals surface area contributed by atoms with Gasteiger partial charge >= 0.3 is 0 Å². The lowest BCUT2D eigenvalue weighted by atomic mass is 10.1. The van der Waals surface area contributed by atoms with E-state index in [2.05, 4.69) is 0 Å². The summed E-state index contributed by atoms with van der Waals surface area (Å²) in [6, 6.07) is 15.7. The molecule has 1 aromatic heterocycles. The third-order valence-electron chi connectivity index (χ3n) is 4.17. The third-order valence-corrected chi connectivity index (χ3v) is 5.84. The molecule has 0 aliphatic heterocycles. The molecular formula is C21H18N2O5S. The van der Waals surface area contributed by atoms with E-state index in [1.807, 2.05) is 0 Å². The molecule has 3 aromatic rings. The van der Waals surface area contributed by atoms with Gasteiger partial charge in [0.25, 0.3) is 10.0 Å². The number of sulfonamides is 1. The summed E-state index contributed by atoms with van der Waals surface area (Å²) in [6.45, 7) is 0. The predicted molar refractivity (Wildman–Crippen MR) is 109 cm³/mol. The number of nitrogens with zero attached hydrogens (tertiary/aromatic N) is 2. The largest absolute Gasteiger partial charge is 0.619 e. The van der Waals surface area contributed by atoms with Crippen LogP contribution < -0.4 is 13.8 Å². The van der Waals surface area contributed by atoms with Gasteiger partial charge in [-0.15, -0.1) is 0 Å². The molecule has 0 fully saturated rings. The minimum atomic E-state index is -4.11. The van der Waals surface area contributed by atoms with Crippen LogP contribution >= 0.6 is 0 Å². The number of amides is 1. The Kier molecular flexibility index (Phi) is 5.94. The fraction of sp³-hybridized carbons (Fsp3) is 0.0476. The van der Waals surface area contributed by atoms with Gasteiger partial charge in [-0.2, -0.15) is 4.73 Å². The van der Waals surface area contributed by atoms with E-state index in [0.29, 0.717) is 20.3 Å². The first-order valence-electron chi connectivity index (χ1n) is 8.55. The van der Waals surface area contributed by atoms with Crippen LogP contribution in [0, 0.1) is 5.21 Å². The van der Waals surface area contributed by atoms with Crippen LogP contribution in [0.1, 0.15) is 11.1 Å². The van der Waals surface area contributed by atoms with Crippen LogP contribution in [0.25, 0.3) is 12.2 Å². The first-order chi connectivity index (χ1) is 14.0. The van der Waals surface area contributed by atoms with Crippen LogP contribution in [0.2, 0.25) is 0 Å². The first-order valence-corrected chi connectivity index (χ1v) is 9.99. The number of carbonyl (C=O) groups is 1. The lowest BCUT2D eigenvalue weighted by molar-refractivity contribution is -0.605. The predicted octanol–water partition coefficient (Wildman–Crippen LogP) is 2.85. The summed E-state index contributed by atoms with van der Waals surface area (Å²) in [5.41, 5.74) is 1.49. The number of aromatic nitrogens is 1. The maximum absolute atomic E-state index is 13.0. The normalized spacial score (nSPS) is 11.3. The van der Waals surface area contributed by atoms with Crippen LogP contribution in [-0.2, 0) is 14.8 Å². The van der Waals surface area contributed by atoms with E-state index in [0.717, 1.165) is 5.56 Å². The second kappa shape index (κ2) is 8.57. The molecule has 0 bridgehead atoms. The fourth-order valence-corrected chi connectivity index (χ4v) is 3.90. The van der Waals surface area contributed by atoms with E-state index in [-0.39, 0.29) is 17.0 Å². The SMILES string of the molecule is COc1ccc(S(=O)(=O)N(C=O)c2ccccc2/C=C/c2cc[n+]([O-])cc2)cc1. The zero-order valence-corrected chi connectivity index (χ0v) is 16.3. The molecule has 3 rings (SSSR count). The molecule has 29 heavy (non-hydrogen) atoms. The molecule has 1 amide bonds. The van der Waals surface area contributed by atoms with Gasteiger partial charge in [0.1, 0.15) is 5.75 Å². The quantitative estimate of drug-likeness (QED) is 0.339. The average molecular weight is 410 g/mol. The van der Waals surface area contributed by atoms with E-state index >= 15 is 0 Å². The van der Waals surface area contributed by atoms with Crippen molar-refractivity contribution in [2.45, 2.75) is 4.90 Å². The highest BCUT2D eigenvalue weighted by Crippen LogP contribution is 2.28. The number of para-hydroxylation sites is 1. The maximum Gasteiger partial charge on any atom is 0.270 e. The Morgan fingerprint density at radius 1 is 0.966 bits per heavy atom. The monoisotopic (exact) mass is 410 g/mol. The minimum absolute atomic E-state index is 0.0350. The molecule has 0 N–H and O–H groups in total. The van der Waals surface area contributed by atoms with Crippen molar-refractivity contribution in [1.82, 2.24) is 0 Å². The minimum Gasteiger partial charge on any atom is -0.619 e. The number of hydrogen-bond acceptors (Lipinski definition) is 5. The summed E-state index contributed by atoms with van der Waals surface area (Å²) in [5, 5.41) is 11.1. The second-order valence-electron chi connectivity index (χ2n) is 5.97. The van der Waals surface area contributed by atoms with Gasteiger partial charge in [0.05, 0.1) is 17.7 Å². The van der Waals surface area contributed by atoms with Crippen molar-refractivity contribution >= 4 is 34.3 Å². The Balaban J connectivity index is 1.99. The van der Waals surface area contributed by atoms with Gasteiger partial charge in [-0.3, -0.25) is 4.79 Å². The number of methoxy groups -OCH3 is 1. The van der Waals surface area contributed by atoms with E-state index in [1.54, 1.807) is 48.6 Å².